The Hall–Kier alpha value is -4.86. The fraction of sp³-hybridized carbons (Fsp3) is 0.154. The van der Waals surface area contributed by atoms with Gasteiger partial charge in [-0.15, -0.1) is 0 Å². The van der Waals surface area contributed by atoms with Crippen LogP contribution in [0.2, 0.25) is 0 Å². The van der Waals surface area contributed by atoms with Crippen molar-refractivity contribution in [3.8, 4) is 0 Å². The second kappa shape index (κ2) is 10.2. The van der Waals surface area contributed by atoms with Crippen LogP contribution in [0.25, 0.3) is 0 Å². The van der Waals surface area contributed by atoms with Crippen LogP contribution >= 0.6 is 0 Å². The third kappa shape index (κ3) is 4.83. The van der Waals surface area contributed by atoms with Crippen molar-refractivity contribution < 1.29 is 24.4 Å². The van der Waals surface area contributed by atoms with E-state index in [2.05, 4.69) is 15.3 Å². The SMILES string of the molecule is CC1=C(C(=O)O)C(c2cccc([N+](=O)[O-])c2)C(C(=O)OC(c2cccnc2)c2cccnc2)=C(C)N1. The molecule has 1 aromatic carbocycles. The van der Waals surface area contributed by atoms with Crippen LogP contribution in [-0.4, -0.2) is 31.9 Å². The molecule has 1 aliphatic rings. The zero-order valence-corrected chi connectivity index (χ0v) is 19.4. The number of hydrogen-bond donors (Lipinski definition) is 2. The largest absolute Gasteiger partial charge is 0.478 e. The van der Waals surface area contributed by atoms with Gasteiger partial charge in [0.25, 0.3) is 5.69 Å². The quantitative estimate of drug-likeness (QED) is 0.287. The van der Waals surface area contributed by atoms with E-state index in [9.17, 15) is 24.8 Å². The van der Waals surface area contributed by atoms with E-state index >= 15 is 0 Å². The molecule has 10 heteroatoms. The van der Waals surface area contributed by atoms with Gasteiger partial charge in [0, 0.05) is 59.4 Å². The van der Waals surface area contributed by atoms with Crippen molar-refractivity contribution in [3.05, 3.63) is 123 Å². The number of carboxylic acids is 1. The molecular weight excluding hydrogens is 464 g/mol. The first-order chi connectivity index (χ1) is 17.3. The Morgan fingerprint density at radius 3 is 2.14 bits per heavy atom. The van der Waals surface area contributed by atoms with E-state index in [1.165, 1.54) is 18.2 Å². The molecule has 4 rings (SSSR count). The second-order valence-corrected chi connectivity index (χ2v) is 8.15. The number of carbonyl (C=O) groups is 2. The van der Waals surface area contributed by atoms with E-state index in [-0.39, 0.29) is 22.4 Å². The molecule has 0 saturated heterocycles. The molecule has 3 heterocycles. The van der Waals surface area contributed by atoms with Gasteiger partial charge >= 0.3 is 11.9 Å². The maximum atomic E-state index is 13.7. The van der Waals surface area contributed by atoms with Crippen LogP contribution in [0.1, 0.15) is 42.6 Å². The number of esters is 1. The Kier molecular flexibility index (Phi) is 6.86. The number of nitrogens with one attached hydrogen (secondary N) is 1. The zero-order chi connectivity index (χ0) is 25.8. The molecule has 182 valence electrons. The highest BCUT2D eigenvalue weighted by Gasteiger charge is 2.38. The molecule has 1 aliphatic heterocycles. The maximum Gasteiger partial charge on any atom is 0.337 e. The van der Waals surface area contributed by atoms with E-state index in [1.54, 1.807) is 69.0 Å². The highest BCUT2D eigenvalue weighted by Crippen LogP contribution is 2.40. The van der Waals surface area contributed by atoms with E-state index in [0.717, 1.165) is 0 Å². The first-order valence-corrected chi connectivity index (χ1v) is 10.9. The van der Waals surface area contributed by atoms with Crippen molar-refractivity contribution in [3.63, 3.8) is 0 Å². The standard InChI is InChI=1S/C26H22N4O6/c1-15-21(25(31)32)23(17-6-3-9-20(12-17)30(34)35)22(16(2)29-15)26(33)36-24(18-7-4-10-27-13-18)19-8-5-11-28-14-19/h3-14,23-24,29H,1-2H3,(H,31,32). The monoisotopic (exact) mass is 486 g/mol. The lowest BCUT2D eigenvalue weighted by Crippen LogP contribution is -2.32. The van der Waals surface area contributed by atoms with Crippen molar-refractivity contribution in [2.75, 3.05) is 0 Å². The van der Waals surface area contributed by atoms with Crippen LogP contribution in [0.5, 0.6) is 0 Å². The number of carbonyl (C=O) groups excluding carboxylic acids is 1. The average molecular weight is 486 g/mol. The van der Waals surface area contributed by atoms with Crippen LogP contribution in [-0.2, 0) is 14.3 Å². The minimum atomic E-state index is -1.26. The molecule has 0 bridgehead atoms. The number of aromatic nitrogens is 2. The van der Waals surface area contributed by atoms with Crippen LogP contribution in [0.3, 0.4) is 0 Å². The molecule has 36 heavy (non-hydrogen) atoms. The molecule has 3 aromatic rings. The van der Waals surface area contributed by atoms with Crippen molar-refractivity contribution >= 4 is 17.6 Å². The smallest absolute Gasteiger partial charge is 0.337 e. The first-order valence-electron chi connectivity index (χ1n) is 10.9. The number of dihydropyridines is 1. The topological polar surface area (TPSA) is 145 Å². The van der Waals surface area contributed by atoms with Gasteiger partial charge in [-0.3, -0.25) is 20.1 Å². The van der Waals surface area contributed by atoms with Crippen LogP contribution in [0.15, 0.2) is 95.9 Å². The summed E-state index contributed by atoms with van der Waals surface area (Å²) in [5, 5.41) is 24.4. The predicted octanol–water partition coefficient (Wildman–Crippen LogP) is 4.04. The lowest BCUT2D eigenvalue weighted by atomic mass is 9.80. The number of hydrogen-bond acceptors (Lipinski definition) is 8. The normalized spacial score (nSPS) is 15.5. The summed E-state index contributed by atoms with van der Waals surface area (Å²) in [5.74, 6) is -3.13. The minimum absolute atomic E-state index is 0.0382. The number of rotatable bonds is 7. The Morgan fingerprint density at radius 1 is 1.00 bits per heavy atom. The predicted molar refractivity (Wildman–Crippen MR) is 128 cm³/mol. The molecule has 2 aromatic heterocycles. The summed E-state index contributed by atoms with van der Waals surface area (Å²) in [6.45, 7) is 3.21. The summed E-state index contributed by atoms with van der Waals surface area (Å²) in [6.07, 6.45) is 5.45. The van der Waals surface area contributed by atoms with E-state index in [4.69, 9.17) is 4.74 Å². The van der Waals surface area contributed by atoms with E-state index in [1.807, 2.05) is 0 Å². The number of carboxylic acid groups (broad SMARTS) is 1. The van der Waals surface area contributed by atoms with Crippen LogP contribution < -0.4 is 5.32 Å². The molecule has 0 saturated carbocycles. The van der Waals surface area contributed by atoms with Crippen LogP contribution in [0, 0.1) is 10.1 Å². The maximum absolute atomic E-state index is 13.7. The van der Waals surface area contributed by atoms with Crippen molar-refractivity contribution in [2.45, 2.75) is 25.9 Å². The molecule has 0 fully saturated rings. The highest BCUT2D eigenvalue weighted by molar-refractivity contribution is 5.99. The summed E-state index contributed by atoms with van der Waals surface area (Å²) < 4.78 is 5.96. The Balaban J connectivity index is 1.81. The Labute approximate surface area is 206 Å². The third-order valence-corrected chi connectivity index (χ3v) is 5.82. The molecule has 1 atom stereocenters. The number of non-ortho nitro benzene ring substituents is 1. The molecule has 0 spiro atoms. The molecule has 2 N–H and O–H groups in total. The lowest BCUT2D eigenvalue weighted by Gasteiger charge is -2.30. The summed E-state index contributed by atoms with van der Waals surface area (Å²) in [6, 6.07) is 12.5. The highest BCUT2D eigenvalue weighted by atomic mass is 16.6. The van der Waals surface area contributed by atoms with Gasteiger partial charge in [-0.05, 0) is 31.5 Å². The van der Waals surface area contributed by atoms with E-state index in [0.29, 0.717) is 22.5 Å². The van der Waals surface area contributed by atoms with Crippen molar-refractivity contribution in [2.24, 2.45) is 0 Å². The lowest BCUT2D eigenvalue weighted by molar-refractivity contribution is -0.384. The number of pyridine rings is 2. The first kappa shape index (κ1) is 24.3. The summed E-state index contributed by atoms with van der Waals surface area (Å²) >= 11 is 0. The number of allylic oxidation sites excluding steroid dienone is 2. The van der Waals surface area contributed by atoms with Gasteiger partial charge in [0.15, 0.2) is 6.10 Å². The van der Waals surface area contributed by atoms with Gasteiger partial charge in [-0.2, -0.15) is 0 Å². The van der Waals surface area contributed by atoms with Crippen molar-refractivity contribution in [1.29, 1.82) is 0 Å². The van der Waals surface area contributed by atoms with Gasteiger partial charge in [0.05, 0.1) is 22.0 Å². The number of aliphatic carboxylic acids is 1. The fourth-order valence-electron chi connectivity index (χ4n) is 4.26. The van der Waals surface area contributed by atoms with E-state index < -0.39 is 28.9 Å². The van der Waals surface area contributed by atoms with Gasteiger partial charge in [-0.1, -0.05) is 24.3 Å². The number of ether oxygens (including phenoxy) is 1. The third-order valence-electron chi connectivity index (χ3n) is 5.82. The average Bonchev–Trinajstić information content (AvgIpc) is 2.87. The van der Waals surface area contributed by atoms with Gasteiger partial charge in [0.1, 0.15) is 0 Å². The van der Waals surface area contributed by atoms with Gasteiger partial charge in [-0.25, -0.2) is 9.59 Å². The number of nitrogens with zero attached hydrogens (tertiary/aromatic N) is 3. The summed E-state index contributed by atoms with van der Waals surface area (Å²) in [4.78, 5) is 45.1. The van der Waals surface area contributed by atoms with Crippen LogP contribution in [0.4, 0.5) is 5.69 Å². The Morgan fingerprint density at radius 2 is 1.61 bits per heavy atom. The molecule has 10 nitrogen and oxygen atoms in total. The molecule has 0 radical (unpaired) electrons. The molecule has 1 unspecified atom stereocenters. The summed E-state index contributed by atoms with van der Waals surface area (Å²) in [5.41, 5.74) is 1.90. The number of nitro groups is 1. The molecule has 0 amide bonds. The minimum Gasteiger partial charge on any atom is -0.478 e. The zero-order valence-electron chi connectivity index (χ0n) is 19.4. The van der Waals surface area contributed by atoms with Gasteiger partial charge in [0.2, 0.25) is 0 Å². The fourth-order valence-corrected chi connectivity index (χ4v) is 4.26. The molecule has 0 aliphatic carbocycles. The van der Waals surface area contributed by atoms with Gasteiger partial charge < -0.3 is 15.2 Å². The van der Waals surface area contributed by atoms with Crippen molar-refractivity contribution in [1.82, 2.24) is 15.3 Å². The number of benzene rings is 1. The molecular formula is C26H22N4O6. The summed E-state index contributed by atoms with van der Waals surface area (Å²) in [7, 11) is 0. The Bertz CT molecular complexity index is 1350. The second-order valence-electron chi connectivity index (χ2n) is 8.15. The number of nitro benzene ring substituents is 1.